The van der Waals surface area contributed by atoms with Crippen molar-refractivity contribution in [1.29, 1.82) is 0 Å². The Morgan fingerprint density at radius 1 is 0.425 bits per heavy atom. The number of hydrogen-bond acceptors (Lipinski definition) is 1. The van der Waals surface area contributed by atoms with E-state index in [1.807, 2.05) is 0 Å². The molecule has 40 heavy (non-hydrogen) atoms. The molecule has 0 atom stereocenters. The monoisotopic (exact) mass is 515 g/mol. The van der Waals surface area contributed by atoms with Crippen LogP contribution in [0.3, 0.4) is 0 Å². The minimum atomic E-state index is 0.188. The fraction of sp³-hybridized carbons (Fsp3) is 0.189. The molecular weight excluding hydrogens is 480 g/mol. The van der Waals surface area contributed by atoms with Crippen molar-refractivity contribution in [3.63, 3.8) is 0 Å². The first-order chi connectivity index (χ1) is 19.2. The highest BCUT2D eigenvalue weighted by molar-refractivity contribution is 7.02. The summed E-state index contributed by atoms with van der Waals surface area (Å²) >= 11 is 0. The maximum atomic E-state index is 2.57. The lowest BCUT2D eigenvalue weighted by Gasteiger charge is -2.44. The smallest absolute Gasteiger partial charge is 0.247 e. The van der Waals surface area contributed by atoms with Gasteiger partial charge in [-0.15, -0.1) is 0 Å². The third kappa shape index (κ3) is 3.57. The van der Waals surface area contributed by atoms with E-state index in [1.54, 1.807) is 0 Å². The third-order valence-corrected chi connectivity index (χ3v) is 9.19. The maximum Gasteiger partial charge on any atom is 0.247 e. The molecule has 0 radical (unpaired) electrons. The van der Waals surface area contributed by atoms with Crippen LogP contribution in [-0.4, -0.2) is 13.4 Å². The van der Waals surface area contributed by atoms with E-state index >= 15 is 0 Å². The van der Waals surface area contributed by atoms with Gasteiger partial charge in [0.25, 0.3) is 0 Å². The molecule has 0 N–H and O–H groups in total. The molecule has 0 bridgehead atoms. The molecule has 0 aromatic heterocycles. The molecule has 5 aromatic rings. The second kappa shape index (κ2) is 9.03. The van der Waals surface area contributed by atoms with Crippen molar-refractivity contribution in [3.8, 4) is 0 Å². The van der Waals surface area contributed by atoms with Crippen LogP contribution in [-0.2, 0) is 0 Å². The lowest BCUT2D eigenvalue weighted by atomic mass is 9.29. The average Bonchev–Trinajstić information content (AvgIpc) is 2.89. The van der Waals surface area contributed by atoms with Gasteiger partial charge in [-0.1, -0.05) is 123 Å². The van der Waals surface area contributed by atoms with E-state index in [1.165, 1.54) is 88.8 Å². The number of fused-ring (bicyclic) bond motifs is 4. The van der Waals surface area contributed by atoms with Crippen molar-refractivity contribution in [2.75, 3.05) is 4.90 Å². The summed E-state index contributed by atoms with van der Waals surface area (Å²) in [6.45, 7) is 16.3. The lowest BCUT2D eigenvalue weighted by Crippen LogP contribution is -2.66. The van der Waals surface area contributed by atoms with Crippen LogP contribution in [0, 0.1) is 48.5 Å². The molecule has 7 rings (SSSR count). The molecular formula is C37H35B2N. The van der Waals surface area contributed by atoms with Gasteiger partial charge in [0.15, 0.2) is 0 Å². The standard InChI is InChI=1S/C37H35B2N/c1-22-16-25(4)35(26(5)17-22)38-29-12-8-10-14-33(29)40-34-15-11-9-13-30(34)39(32-21-24(3)20-31(38)37(32)40)36-27(6)18-23(2)19-28(36)7/h8-21H,1-7H3. The van der Waals surface area contributed by atoms with Crippen LogP contribution in [0.1, 0.15) is 38.9 Å². The first kappa shape index (κ1) is 25.0. The summed E-state index contributed by atoms with van der Waals surface area (Å²) in [4.78, 5) is 2.57. The molecule has 0 saturated carbocycles. The first-order valence-corrected chi connectivity index (χ1v) is 14.5. The van der Waals surface area contributed by atoms with Crippen LogP contribution in [0.2, 0.25) is 0 Å². The molecule has 2 heterocycles. The number of benzene rings is 5. The molecule has 0 fully saturated rings. The largest absolute Gasteiger partial charge is 0.313 e. The summed E-state index contributed by atoms with van der Waals surface area (Å²) in [6.07, 6.45) is 0. The molecule has 0 saturated heterocycles. The quantitative estimate of drug-likeness (QED) is 0.294. The van der Waals surface area contributed by atoms with Gasteiger partial charge in [-0.25, -0.2) is 0 Å². The van der Waals surface area contributed by atoms with Crippen molar-refractivity contribution in [2.45, 2.75) is 48.5 Å². The van der Waals surface area contributed by atoms with Gasteiger partial charge in [0.05, 0.1) is 0 Å². The highest BCUT2D eigenvalue weighted by atomic mass is 15.2. The predicted molar refractivity (Wildman–Crippen MR) is 176 cm³/mol. The Labute approximate surface area is 240 Å². The molecule has 0 amide bonds. The van der Waals surface area contributed by atoms with Crippen LogP contribution in [0.4, 0.5) is 17.1 Å². The molecule has 1 nitrogen and oxygen atoms in total. The Morgan fingerprint density at radius 3 is 1.18 bits per heavy atom. The highest BCUT2D eigenvalue weighted by Gasteiger charge is 2.44. The van der Waals surface area contributed by atoms with Crippen LogP contribution >= 0.6 is 0 Å². The summed E-state index contributed by atoms with van der Waals surface area (Å²) < 4.78 is 0. The molecule has 2 aliphatic heterocycles. The second-order valence-electron chi connectivity index (χ2n) is 12.2. The van der Waals surface area contributed by atoms with Crippen LogP contribution < -0.4 is 37.7 Å². The van der Waals surface area contributed by atoms with Crippen LogP contribution in [0.5, 0.6) is 0 Å². The average molecular weight is 515 g/mol. The number of hydrogen-bond donors (Lipinski definition) is 0. The Morgan fingerprint density at radius 2 is 0.775 bits per heavy atom. The van der Waals surface area contributed by atoms with Gasteiger partial charge >= 0.3 is 0 Å². The van der Waals surface area contributed by atoms with Crippen LogP contribution in [0.15, 0.2) is 84.9 Å². The molecule has 0 aliphatic carbocycles. The molecule has 0 spiro atoms. The highest BCUT2D eigenvalue weighted by Crippen LogP contribution is 2.37. The molecule has 194 valence electrons. The van der Waals surface area contributed by atoms with Gasteiger partial charge in [0.2, 0.25) is 13.4 Å². The van der Waals surface area contributed by atoms with Gasteiger partial charge in [-0.3, -0.25) is 0 Å². The number of nitrogens with zero attached hydrogens (tertiary/aromatic N) is 1. The van der Waals surface area contributed by atoms with Gasteiger partial charge in [0.1, 0.15) is 0 Å². The molecule has 2 aliphatic rings. The van der Waals surface area contributed by atoms with Crippen molar-refractivity contribution >= 4 is 63.3 Å². The zero-order valence-electron chi connectivity index (χ0n) is 24.7. The lowest BCUT2D eigenvalue weighted by molar-refractivity contribution is 1.29. The summed E-state index contributed by atoms with van der Waals surface area (Å²) in [7, 11) is 0. The zero-order valence-corrected chi connectivity index (χ0v) is 24.7. The van der Waals surface area contributed by atoms with E-state index in [9.17, 15) is 0 Å². The third-order valence-electron chi connectivity index (χ3n) is 9.19. The van der Waals surface area contributed by atoms with Crippen molar-refractivity contribution in [2.24, 2.45) is 0 Å². The van der Waals surface area contributed by atoms with Crippen LogP contribution in [0.25, 0.3) is 0 Å². The zero-order chi connectivity index (χ0) is 27.9. The number of rotatable bonds is 2. The summed E-state index contributed by atoms with van der Waals surface area (Å²) in [5, 5.41) is 0. The van der Waals surface area contributed by atoms with Gasteiger partial charge in [-0.2, -0.15) is 0 Å². The Hall–Kier alpha value is -3.97. The second-order valence-corrected chi connectivity index (χ2v) is 12.2. The number of anilines is 3. The summed E-state index contributed by atoms with van der Waals surface area (Å²) in [5.41, 5.74) is 22.0. The van der Waals surface area contributed by atoms with E-state index in [2.05, 4.69) is 138 Å². The molecule has 3 heteroatoms. The summed E-state index contributed by atoms with van der Waals surface area (Å²) in [6, 6.07) is 32.5. The van der Waals surface area contributed by atoms with Gasteiger partial charge in [0, 0.05) is 17.1 Å². The van der Waals surface area contributed by atoms with Gasteiger partial charge < -0.3 is 4.90 Å². The van der Waals surface area contributed by atoms with E-state index in [0.717, 1.165) is 0 Å². The SMILES string of the molecule is Cc1cc(C)c(B2c3ccccc3N3c4ccccc4B(c4c(C)cc(C)cc4C)c4cc(C)cc2c43)c(C)c1. The van der Waals surface area contributed by atoms with Gasteiger partial charge in [-0.05, 0) is 82.5 Å². The topological polar surface area (TPSA) is 3.24 Å². The minimum absolute atomic E-state index is 0.188. The van der Waals surface area contributed by atoms with Crippen molar-refractivity contribution in [3.05, 3.63) is 124 Å². The normalized spacial score (nSPS) is 13.2. The molecule has 0 unspecified atom stereocenters. The van der Waals surface area contributed by atoms with E-state index < -0.39 is 0 Å². The first-order valence-electron chi connectivity index (χ1n) is 14.5. The minimum Gasteiger partial charge on any atom is -0.313 e. The fourth-order valence-electron chi connectivity index (χ4n) is 8.03. The van der Waals surface area contributed by atoms with Crippen molar-refractivity contribution < 1.29 is 0 Å². The van der Waals surface area contributed by atoms with E-state index in [-0.39, 0.29) is 13.4 Å². The van der Waals surface area contributed by atoms with E-state index in [0.29, 0.717) is 0 Å². The predicted octanol–water partition coefficient (Wildman–Crippen LogP) is 4.97. The fourth-order valence-corrected chi connectivity index (χ4v) is 8.03. The molecule has 5 aromatic carbocycles. The van der Waals surface area contributed by atoms with Crippen molar-refractivity contribution in [1.82, 2.24) is 0 Å². The maximum absolute atomic E-state index is 2.57. The Balaban J connectivity index is 1.62. The number of para-hydroxylation sites is 2. The summed E-state index contributed by atoms with van der Waals surface area (Å²) in [5.74, 6) is 0. The van der Waals surface area contributed by atoms with E-state index in [4.69, 9.17) is 0 Å². The Bertz CT molecular complexity index is 1670. The number of aryl methyl sites for hydroxylation is 7. The Kier molecular flexibility index (Phi) is 5.65.